The minimum absolute atomic E-state index is 0.0955. The number of halogens is 2. The average molecular weight is 236 g/mol. The van der Waals surface area contributed by atoms with Crippen LogP contribution in [-0.4, -0.2) is 5.78 Å². The highest BCUT2D eigenvalue weighted by molar-refractivity contribution is 6.39. The number of benzene rings is 2. The van der Waals surface area contributed by atoms with E-state index >= 15 is 0 Å². The van der Waals surface area contributed by atoms with Crippen LogP contribution in [0.25, 0.3) is 10.8 Å². The molecule has 0 fully saturated rings. The van der Waals surface area contributed by atoms with Gasteiger partial charge in [-0.3, -0.25) is 4.79 Å². The lowest BCUT2D eigenvalue weighted by Gasteiger charge is -2.06. The molecule has 0 heterocycles. The Bertz CT molecular complexity index is 651. The molecule has 0 spiro atoms. The standard InChI is InChI=1S/C12H7ClFNO/c13-12-5-1-2-8(14)6-4-10(16)7(11(5)6)3-9(12)15/h1-3H,4,15H2. The Morgan fingerprint density at radius 3 is 2.88 bits per heavy atom. The fourth-order valence-electron chi connectivity index (χ4n) is 2.21. The average Bonchev–Trinajstić information content (AvgIpc) is 2.57. The maximum absolute atomic E-state index is 13.5. The summed E-state index contributed by atoms with van der Waals surface area (Å²) in [5, 5.41) is 1.65. The molecule has 2 aromatic carbocycles. The third-order valence-electron chi connectivity index (χ3n) is 2.95. The van der Waals surface area contributed by atoms with E-state index in [1.54, 1.807) is 6.07 Å². The highest BCUT2D eigenvalue weighted by atomic mass is 35.5. The molecular formula is C12H7ClFNO. The smallest absolute Gasteiger partial charge is 0.168 e. The molecule has 2 N–H and O–H groups in total. The van der Waals surface area contributed by atoms with E-state index in [2.05, 4.69) is 0 Å². The van der Waals surface area contributed by atoms with E-state index in [0.717, 1.165) is 0 Å². The van der Waals surface area contributed by atoms with Crippen molar-refractivity contribution in [1.29, 1.82) is 0 Å². The molecule has 0 bridgehead atoms. The monoisotopic (exact) mass is 235 g/mol. The molecule has 2 aromatic rings. The molecule has 2 nitrogen and oxygen atoms in total. The van der Waals surface area contributed by atoms with Gasteiger partial charge in [0.15, 0.2) is 5.78 Å². The van der Waals surface area contributed by atoms with Crippen LogP contribution < -0.4 is 5.73 Å². The molecule has 0 atom stereocenters. The molecular weight excluding hydrogens is 229 g/mol. The van der Waals surface area contributed by atoms with Crippen molar-refractivity contribution in [2.75, 3.05) is 5.73 Å². The van der Waals surface area contributed by atoms with E-state index in [0.29, 0.717) is 32.6 Å². The molecule has 3 rings (SSSR count). The Balaban J connectivity index is 2.59. The van der Waals surface area contributed by atoms with Crippen molar-refractivity contribution in [2.45, 2.75) is 6.42 Å². The summed E-state index contributed by atoms with van der Waals surface area (Å²) in [6.45, 7) is 0. The Kier molecular flexibility index (Phi) is 1.77. The van der Waals surface area contributed by atoms with Crippen molar-refractivity contribution in [2.24, 2.45) is 0 Å². The van der Waals surface area contributed by atoms with Crippen LogP contribution in [0.2, 0.25) is 5.02 Å². The fraction of sp³-hybridized carbons (Fsp3) is 0.0833. The van der Waals surface area contributed by atoms with Gasteiger partial charge in [-0.1, -0.05) is 11.6 Å². The lowest BCUT2D eigenvalue weighted by molar-refractivity contribution is 0.0999. The highest BCUT2D eigenvalue weighted by Gasteiger charge is 2.26. The van der Waals surface area contributed by atoms with Crippen molar-refractivity contribution in [3.8, 4) is 0 Å². The second-order valence-electron chi connectivity index (χ2n) is 3.88. The molecule has 4 heteroatoms. The van der Waals surface area contributed by atoms with Crippen LogP contribution in [0.3, 0.4) is 0 Å². The van der Waals surface area contributed by atoms with Crippen LogP contribution in [0.5, 0.6) is 0 Å². The second kappa shape index (κ2) is 2.95. The summed E-state index contributed by atoms with van der Waals surface area (Å²) in [5.41, 5.74) is 6.97. The van der Waals surface area contributed by atoms with Crippen molar-refractivity contribution in [3.05, 3.63) is 40.2 Å². The number of nitrogen functional groups attached to an aromatic ring is 1. The first kappa shape index (κ1) is 9.60. The zero-order valence-electron chi connectivity index (χ0n) is 8.18. The number of carbonyl (C=O) groups is 1. The van der Waals surface area contributed by atoms with Gasteiger partial charge in [0.2, 0.25) is 0 Å². The summed E-state index contributed by atoms with van der Waals surface area (Å²) in [4.78, 5) is 11.7. The Labute approximate surface area is 95.8 Å². The molecule has 1 aliphatic rings. The van der Waals surface area contributed by atoms with E-state index in [9.17, 15) is 9.18 Å². The fourth-order valence-corrected chi connectivity index (χ4v) is 2.42. The van der Waals surface area contributed by atoms with Crippen LogP contribution in [0.15, 0.2) is 18.2 Å². The molecule has 0 amide bonds. The van der Waals surface area contributed by atoms with E-state index in [1.165, 1.54) is 12.1 Å². The van der Waals surface area contributed by atoms with Gasteiger partial charge in [0, 0.05) is 28.3 Å². The van der Waals surface area contributed by atoms with E-state index in [-0.39, 0.29) is 18.0 Å². The molecule has 0 radical (unpaired) electrons. The topological polar surface area (TPSA) is 43.1 Å². The summed E-state index contributed by atoms with van der Waals surface area (Å²) >= 11 is 6.04. The largest absolute Gasteiger partial charge is 0.397 e. The van der Waals surface area contributed by atoms with E-state index in [4.69, 9.17) is 17.3 Å². The number of ketones is 1. The first-order valence-electron chi connectivity index (χ1n) is 4.82. The van der Waals surface area contributed by atoms with Crippen LogP contribution >= 0.6 is 11.6 Å². The van der Waals surface area contributed by atoms with E-state index in [1.807, 2.05) is 0 Å². The SMILES string of the molecule is Nc1cc2c3c(c(F)ccc3c1Cl)CC2=O. The number of hydrogen-bond donors (Lipinski definition) is 1. The van der Waals surface area contributed by atoms with Gasteiger partial charge in [-0.05, 0) is 18.2 Å². The Morgan fingerprint density at radius 1 is 1.38 bits per heavy atom. The zero-order valence-corrected chi connectivity index (χ0v) is 8.94. The van der Waals surface area contributed by atoms with Crippen LogP contribution in [-0.2, 0) is 6.42 Å². The molecule has 0 aromatic heterocycles. The first-order chi connectivity index (χ1) is 7.59. The molecule has 0 aliphatic heterocycles. The summed E-state index contributed by atoms with van der Waals surface area (Å²) in [6, 6.07) is 4.42. The number of rotatable bonds is 0. The summed E-state index contributed by atoms with van der Waals surface area (Å²) in [6.07, 6.45) is 0.0955. The third-order valence-corrected chi connectivity index (χ3v) is 3.37. The van der Waals surface area contributed by atoms with Gasteiger partial charge in [0.25, 0.3) is 0 Å². The molecule has 1 aliphatic carbocycles. The molecule has 0 saturated heterocycles. The van der Waals surface area contributed by atoms with E-state index < -0.39 is 0 Å². The molecule has 0 unspecified atom stereocenters. The lowest BCUT2D eigenvalue weighted by atomic mass is 10.0. The summed E-state index contributed by atoms with van der Waals surface area (Å²) in [7, 11) is 0. The first-order valence-corrected chi connectivity index (χ1v) is 5.19. The highest BCUT2D eigenvalue weighted by Crippen LogP contribution is 2.39. The Morgan fingerprint density at radius 2 is 2.12 bits per heavy atom. The van der Waals surface area contributed by atoms with Crippen molar-refractivity contribution >= 4 is 33.8 Å². The molecule has 0 saturated carbocycles. The Hall–Kier alpha value is -1.61. The second-order valence-corrected chi connectivity index (χ2v) is 4.25. The molecule has 16 heavy (non-hydrogen) atoms. The lowest BCUT2D eigenvalue weighted by Crippen LogP contribution is -1.96. The maximum Gasteiger partial charge on any atom is 0.168 e. The van der Waals surface area contributed by atoms with Crippen LogP contribution in [0.1, 0.15) is 15.9 Å². The number of hydrogen-bond acceptors (Lipinski definition) is 2. The predicted octanol–water partition coefficient (Wildman–Crippen LogP) is 2.95. The zero-order chi connectivity index (χ0) is 11.4. The minimum Gasteiger partial charge on any atom is -0.397 e. The number of carbonyl (C=O) groups excluding carboxylic acids is 1. The van der Waals surface area contributed by atoms with Gasteiger partial charge in [-0.25, -0.2) is 4.39 Å². The predicted molar refractivity (Wildman–Crippen MR) is 61.4 cm³/mol. The van der Waals surface area contributed by atoms with Crippen LogP contribution in [0.4, 0.5) is 10.1 Å². The van der Waals surface area contributed by atoms with Gasteiger partial charge in [0.1, 0.15) is 5.82 Å². The minimum atomic E-state index is -0.361. The number of anilines is 1. The van der Waals surface area contributed by atoms with Gasteiger partial charge in [0.05, 0.1) is 10.7 Å². The number of Topliss-reactive ketones (excluding diaryl/α,β-unsaturated/α-hetero) is 1. The van der Waals surface area contributed by atoms with Crippen molar-refractivity contribution < 1.29 is 9.18 Å². The normalized spacial score (nSPS) is 13.8. The summed E-state index contributed by atoms with van der Waals surface area (Å²) < 4.78 is 13.5. The maximum atomic E-state index is 13.5. The van der Waals surface area contributed by atoms with Gasteiger partial charge in [-0.2, -0.15) is 0 Å². The van der Waals surface area contributed by atoms with Crippen LogP contribution in [0, 0.1) is 5.82 Å². The molecule has 80 valence electrons. The number of nitrogens with two attached hydrogens (primary N) is 1. The van der Waals surface area contributed by atoms with Crippen molar-refractivity contribution in [3.63, 3.8) is 0 Å². The third kappa shape index (κ3) is 1.04. The van der Waals surface area contributed by atoms with Gasteiger partial charge in [-0.15, -0.1) is 0 Å². The van der Waals surface area contributed by atoms with Crippen molar-refractivity contribution in [1.82, 2.24) is 0 Å². The van der Waals surface area contributed by atoms with Gasteiger partial charge < -0.3 is 5.73 Å². The summed E-state index contributed by atoms with van der Waals surface area (Å²) in [5.74, 6) is -0.464. The quantitative estimate of drug-likeness (QED) is 0.714. The van der Waals surface area contributed by atoms with Gasteiger partial charge >= 0.3 is 0 Å².